The Morgan fingerprint density at radius 2 is 2.00 bits per heavy atom. The minimum absolute atomic E-state index is 0.0758. The summed E-state index contributed by atoms with van der Waals surface area (Å²) in [5, 5.41) is 0. The third kappa shape index (κ3) is 1.52. The summed E-state index contributed by atoms with van der Waals surface area (Å²) in [7, 11) is 0. The lowest BCUT2D eigenvalue weighted by Gasteiger charge is -2.03. The van der Waals surface area contributed by atoms with Gasteiger partial charge in [0.05, 0.1) is 5.69 Å². The topological polar surface area (TPSA) is 99.8 Å². The van der Waals surface area contributed by atoms with Gasteiger partial charge in [-0.15, -0.1) is 0 Å². The molecule has 76 valence electrons. The zero-order chi connectivity index (χ0) is 10.8. The van der Waals surface area contributed by atoms with Crippen molar-refractivity contribution < 1.29 is 4.79 Å². The summed E-state index contributed by atoms with van der Waals surface area (Å²) in [4.78, 5) is 18.6. The van der Waals surface area contributed by atoms with Crippen molar-refractivity contribution in [2.24, 2.45) is 5.73 Å². The number of nitrogens with two attached hydrogens (primary N) is 2. The van der Waals surface area contributed by atoms with E-state index in [1.54, 1.807) is 29.1 Å². The third-order valence-electron chi connectivity index (χ3n) is 1.98. The molecule has 0 aliphatic heterocycles. The van der Waals surface area contributed by atoms with Gasteiger partial charge < -0.3 is 11.5 Å². The van der Waals surface area contributed by atoms with E-state index in [2.05, 4.69) is 9.97 Å². The maximum atomic E-state index is 10.9. The number of hydrogen-bond donors (Lipinski definition) is 2. The predicted octanol–water partition coefficient (Wildman–Crippen LogP) is -0.0516. The van der Waals surface area contributed by atoms with E-state index in [1.165, 1.54) is 6.33 Å². The molecule has 2 rings (SSSR count). The van der Waals surface area contributed by atoms with Crippen molar-refractivity contribution in [3.05, 3.63) is 36.5 Å². The Morgan fingerprint density at radius 1 is 1.33 bits per heavy atom. The van der Waals surface area contributed by atoms with Crippen molar-refractivity contribution >= 4 is 11.7 Å². The van der Waals surface area contributed by atoms with Crippen LogP contribution in [0.2, 0.25) is 0 Å². The molecule has 15 heavy (non-hydrogen) atoms. The van der Waals surface area contributed by atoms with Crippen LogP contribution in [0.5, 0.6) is 0 Å². The standard InChI is InChI=1S/C9H9N5O/c10-8-7(9(11)15)13-5-14(8)6-1-3-12-4-2-6/h1-5H,10H2,(H2,11,15). The van der Waals surface area contributed by atoms with Crippen LogP contribution in [0.1, 0.15) is 10.5 Å². The molecule has 0 aliphatic rings. The first-order valence-corrected chi connectivity index (χ1v) is 4.23. The van der Waals surface area contributed by atoms with Crippen LogP contribution in [-0.4, -0.2) is 20.4 Å². The van der Waals surface area contributed by atoms with Gasteiger partial charge in [0.1, 0.15) is 12.1 Å². The molecular formula is C9H9N5O. The third-order valence-corrected chi connectivity index (χ3v) is 1.98. The second kappa shape index (κ2) is 3.41. The molecule has 6 heteroatoms. The Balaban J connectivity index is 2.52. The molecule has 0 unspecified atom stereocenters. The van der Waals surface area contributed by atoms with Crippen LogP contribution in [0.15, 0.2) is 30.9 Å². The van der Waals surface area contributed by atoms with Gasteiger partial charge >= 0.3 is 0 Å². The zero-order valence-electron chi connectivity index (χ0n) is 7.79. The van der Waals surface area contributed by atoms with E-state index in [1.807, 2.05) is 0 Å². The Labute approximate surface area is 85.6 Å². The molecule has 0 atom stereocenters. The highest BCUT2D eigenvalue weighted by Gasteiger charge is 2.12. The first kappa shape index (κ1) is 9.20. The van der Waals surface area contributed by atoms with Gasteiger partial charge in [-0.05, 0) is 12.1 Å². The maximum Gasteiger partial charge on any atom is 0.271 e. The number of carbonyl (C=O) groups is 1. The molecule has 6 nitrogen and oxygen atoms in total. The molecule has 0 fully saturated rings. The predicted molar refractivity (Wildman–Crippen MR) is 54.3 cm³/mol. The van der Waals surface area contributed by atoms with Crippen molar-refractivity contribution in [2.75, 3.05) is 5.73 Å². The van der Waals surface area contributed by atoms with Gasteiger partial charge in [-0.25, -0.2) is 4.98 Å². The van der Waals surface area contributed by atoms with Crippen molar-refractivity contribution in [3.8, 4) is 5.69 Å². The molecule has 2 aromatic heterocycles. The second-order valence-electron chi connectivity index (χ2n) is 2.92. The van der Waals surface area contributed by atoms with Crippen molar-refractivity contribution in [1.82, 2.24) is 14.5 Å². The van der Waals surface area contributed by atoms with E-state index >= 15 is 0 Å². The van der Waals surface area contributed by atoms with Crippen LogP contribution in [0, 0.1) is 0 Å². The monoisotopic (exact) mass is 203 g/mol. The number of aromatic nitrogens is 3. The van der Waals surface area contributed by atoms with Crippen LogP contribution >= 0.6 is 0 Å². The van der Waals surface area contributed by atoms with Crippen LogP contribution in [0.4, 0.5) is 5.82 Å². The van der Waals surface area contributed by atoms with Gasteiger partial charge in [-0.2, -0.15) is 0 Å². The first-order valence-electron chi connectivity index (χ1n) is 4.23. The second-order valence-corrected chi connectivity index (χ2v) is 2.92. The minimum Gasteiger partial charge on any atom is -0.383 e. The molecule has 4 N–H and O–H groups in total. The van der Waals surface area contributed by atoms with E-state index in [-0.39, 0.29) is 11.5 Å². The molecule has 0 saturated heterocycles. The lowest BCUT2D eigenvalue weighted by Crippen LogP contribution is -2.14. The molecule has 0 aliphatic carbocycles. The number of pyridine rings is 1. The van der Waals surface area contributed by atoms with Gasteiger partial charge in [-0.3, -0.25) is 14.3 Å². The number of carbonyl (C=O) groups excluding carboxylic acids is 1. The summed E-state index contributed by atoms with van der Waals surface area (Å²) < 4.78 is 1.57. The fraction of sp³-hybridized carbons (Fsp3) is 0. The maximum absolute atomic E-state index is 10.9. The lowest BCUT2D eigenvalue weighted by molar-refractivity contribution is 0.0997. The molecule has 0 bridgehead atoms. The van der Waals surface area contributed by atoms with E-state index < -0.39 is 5.91 Å². The summed E-state index contributed by atoms with van der Waals surface area (Å²) in [5.41, 5.74) is 11.7. The molecule has 0 aromatic carbocycles. The van der Waals surface area contributed by atoms with Gasteiger partial charge in [-0.1, -0.05) is 0 Å². The highest BCUT2D eigenvalue weighted by molar-refractivity contribution is 5.95. The minimum atomic E-state index is -0.639. The van der Waals surface area contributed by atoms with Gasteiger partial charge in [0.15, 0.2) is 5.69 Å². The largest absolute Gasteiger partial charge is 0.383 e. The molecule has 0 radical (unpaired) electrons. The summed E-state index contributed by atoms with van der Waals surface area (Å²) in [6.45, 7) is 0. The Kier molecular flexibility index (Phi) is 2.09. The van der Waals surface area contributed by atoms with Gasteiger partial charge in [0.25, 0.3) is 5.91 Å². The van der Waals surface area contributed by atoms with Crippen molar-refractivity contribution in [1.29, 1.82) is 0 Å². The zero-order valence-corrected chi connectivity index (χ0v) is 7.79. The molecule has 0 saturated carbocycles. The van der Waals surface area contributed by atoms with Crippen LogP contribution in [0.25, 0.3) is 5.69 Å². The molecule has 1 amide bonds. The number of primary amides is 1. The van der Waals surface area contributed by atoms with Crippen molar-refractivity contribution in [3.63, 3.8) is 0 Å². The van der Waals surface area contributed by atoms with Gasteiger partial charge in [0.2, 0.25) is 0 Å². The van der Waals surface area contributed by atoms with E-state index in [0.717, 1.165) is 5.69 Å². The summed E-state index contributed by atoms with van der Waals surface area (Å²) in [6.07, 6.45) is 4.70. The molecular weight excluding hydrogens is 194 g/mol. The van der Waals surface area contributed by atoms with Crippen LogP contribution in [0.3, 0.4) is 0 Å². The Bertz CT molecular complexity index is 490. The lowest BCUT2D eigenvalue weighted by atomic mass is 10.4. The smallest absolute Gasteiger partial charge is 0.271 e. The highest BCUT2D eigenvalue weighted by atomic mass is 16.1. The summed E-state index contributed by atoms with van der Waals surface area (Å²) >= 11 is 0. The highest BCUT2D eigenvalue weighted by Crippen LogP contribution is 2.15. The number of rotatable bonds is 2. The number of nitrogens with zero attached hydrogens (tertiary/aromatic N) is 3. The summed E-state index contributed by atoms with van der Waals surface area (Å²) in [5.74, 6) is -0.408. The number of nitrogen functional groups attached to an aromatic ring is 1. The number of amides is 1. The molecule has 2 heterocycles. The fourth-order valence-corrected chi connectivity index (χ4v) is 1.26. The number of imidazole rings is 1. The van der Waals surface area contributed by atoms with E-state index in [9.17, 15) is 4.79 Å². The summed E-state index contributed by atoms with van der Waals surface area (Å²) in [6, 6.07) is 3.51. The van der Waals surface area contributed by atoms with Gasteiger partial charge in [0, 0.05) is 12.4 Å². The van der Waals surface area contributed by atoms with Crippen LogP contribution < -0.4 is 11.5 Å². The quantitative estimate of drug-likeness (QED) is 0.714. The number of anilines is 1. The normalized spacial score (nSPS) is 10.1. The SMILES string of the molecule is NC(=O)c1ncn(-c2ccncc2)c1N. The Hall–Kier alpha value is -2.37. The van der Waals surface area contributed by atoms with Crippen molar-refractivity contribution in [2.45, 2.75) is 0 Å². The first-order chi connectivity index (χ1) is 7.20. The van der Waals surface area contributed by atoms with Crippen LogP contribution in [-0.2, 0) is 0 Å². The van der Waals surface area contributed by atoms with E-state index in [4.69, 9.17) is 11.5 Å². The molecule has 0 spiro atoms. The average molecular weight is 203 g/mol. The van der Waals surface area contributed by atoms with E-state index in [0.29, 0.717) is 0 Å². The fourth-order valence-electron chi connectivity index (χ4n) is 1.26. The number of hydrogen-bond acceptors (Lipinski definition) is 4. The Morgan fingerprint density at radius 3 is 2.53 bits per heavy atom. The average Bonchev–Trinajstić information content (AvgIpc) is 2.61. The molecule has 2 aromatic rings.